The Labute approximate surface area is 138 Å². The Kier molecular flexibility index (Phi) is 3.32. The highest BCUT2D eigenvalue weighted by Gasteiger charge is 2.25. The molecule has 0 bridgehead atoms. The Morgan fingerprint density at radius 2 is 2.04 bits per heavy atom. The lowest BCUT2D eigenvalue weighted by molar-refractivity contribution is 0.0989. The molecule has 1 aromatic heterocycles. The van der Waals surface area contributed by atoms with Crippen LogP contribution in [0.2, 0.25) is 0 Å². The van der Waals surface area contributed by atoms with Gasteiger partial charge in [-0.2, -0.15) is 15.6 Å². The molecule has 6 heteroatoms. The fourth-order valence-electron chi connectivity index (χ4n) is 3.01. The number of aromatic amines is 1. The van der Waals surface area contributed by atoms with Crippen molar-refractivity contribution in [2.75, 3.05) is 11.4 Å². The van der Waals surface area contributed by atoms with Gasteiger partial charge >= 0.3 is 0 Å². The second kappa shape index (κ2) is 5.63. The molecule has 0 unspecified atom stereocenters. The molecule has 2 heterocycles. The molecule has 3 aromatic rings. The minimum Gasteiger partial charge on any atom is -0.308 e. The van der Waals surface area contributed by atoms with Crippen molar-refractivity contribution >= 4 is 11.6 Å². The number of amides is 1. The average Bonchev–Trinajstić information content (AvgIpc) is 3.28. The van der Waals surface area contributed by atoms with Gasteiger partial charge in [-0.15, -0.1) is 5.10 Å². The number of H-pyrrole nitrogens is 1. The number of hydrogen-bond acceptors (Lipinski definition) is 4. The summed E-state index contributed by atoms with van der Waals surface area (Å²) in [4.78, 5) is 14.7. The Bertz CT molecular complexity index is 969. The maximum atomic E-state index is 12.9. The minimum atomic E-state index is -0.0520. The number of fused-ring (bicyclic) bond motifs is 1. The van der Waals surface area contributed by atoms with Crippen molar-refractivity contribution in [3.63, 3.8) is 0 Å². The number of para-hydroxylation sites is 1. The number of nitrogens with one attached hydrogen (secondary N) is 1. The molecule has 24 heavy (non-hydrogen) atoms. The Hall–Kier alpha value is -3.46. The van der Waals surface area contributed by atoms with Gasteiger partial charge in [-0.3, -0.25) is 4.79 Å². The highest BCUT2D eigenvalue weighted by Crippen LogP contribution is 2.29. The smallest absolute Gasteiger partial charge is 0.258 e. The number of benzene rings is 2. The molecule has 2 aromatic carbocycles. The fourth-order valence-corrected chi connectivity index (χ4v) is 3.01. The summed E-state index contributed by atoms with van der Waals surface area (Å²) in [5.74, 6) is -0.0520. The zero-order chi connectivity index (χ0) is 16.5. The summed E-state index contributed by atoms with van der Waals surface area (Å²) in [5.41, 5.74) is 4.08. The molecule has 1 amide bonds. The molecule has 1 aliphatic rings. The van der Waals surface area contributed by atoms with Gasteiger partial charge in [0.25, 0.3) is 5.91 Å². The van der Waals surface area contributed by atoms with E-state index in [1.54, 1.807) is 23.1 Å². The summed E-state index contributed by atoms with van der Waals surface area (Å²) in [6.45, 7) is 0.676. The van der Waals surface area contributed by atoms with Crippen LogP contribution in [0.15, 0.2) is 48.5 Å². The van der Waals surface area contributed by atoms with Crippen LogP contribution in [0.5, 0.6) is 0 Å². The number of rotatable bonds is 2. The number of nitrogens with zero attached hydrogens (tertiary/aromatic N) is 4. The highest BCUT2D eigenvalue weighted by molar-refractivity contribution is 6.07. The van der Waals surface area contributed by atoms with Crippen LogP contribution in [0, 0.1) is 11.3 Å². The third kappa shape index (κ3) is 2.23. The molecule has 0 saturated heterocycles. The lowest BCUT2D eigenvalue weighted by atomic mass is 10.1. The Balaban J connectivity index is 1.70. The summed E-state index contributed by atoms with van der Waals surface area (Å²) < 4.78 is 0. The maximum Gasteiger partial charge on any atom is 0.258 e. The molecule has 0 radical (unpaired) electrons. The van der Waals surface area contributed by atoms with E-state index in [4.69, 9.17) is 5.26 Å². The van der Waals surface area contributed by atoms with Gasteiger partial charge in [-0.05, 0) is 30.2 Å². The number of anilines is 1. The first kappa shape index (κ1) is 14.2. The van der Waals surface area contributed by atoms with Gasteiger partial charge in [-0.1, -0.05) is 30.3 Å². The lowest BCUT2D eigenvalue weighted by Gasteiger charge is -2.17. The highest BCUT2D eigenvalue weighted by atomic mass is 16.2. The third-order valence-electron chi connectivity index (χ3n) is 4.17. The molecule has 116 valence electrons. The first-order valence-corrected chi connectivity index (χ1v) is 7.59. The summed E-state index contributed by atoms with van der Waals surface area (Å²) in [6, 6.07) is 17.1. The van der Waals surface area contributed by atoms with E-state index in [1.807, 2.05) is 36.4 Å². The third-order valence-corrected chi connectivity index (χ3v) is 4.17. The van der Waals surface area contributed by atoms with Gasteiger partial charge in [0.05, 0.1) is 0 Å². The zero-order valence-electron chi connectivity index (χ0n) is 12.7. The van der Waals surface area contributed by atoms with Crippen molar-refractivity contribution in [3.8, 4) is 17.3 Å². The topological polar surface area (TPSA) is 85.7 Å². The molecule has 4 rings (SSSR count). The Morgan fingerprint density at radius 1 is 1.17 bits per heavy atom. The molecule has 0 spiro atoms. The van der Waals surface area contributed by atoms with E-state index in [-0.39, 0.29) is 11.6 Å². The average molecular weight is 315 g/mol. The van der Waals surface area contributed by atoms with Crippen LogP contribution in [0.3, 0.4) is 0 Å². The van der Waals surface area contributed by atoms with Crippen LogP contribution in [0.1, 0.15) is 21.6 Å². The summed E-state index contributed by atoms with van der Waals surface area (Å²) in [6.07, 6.45) is 0.865. The van der Waals surface area contributed by atoms with E-state index in [0.29, 0.717) is 23.4 Å². The fraction of sp³-hybridized carbons (Fsp3) is 0.111. The first-order chi connectivity index (χ1) is 11.8. The molecule has 1 N–H and O–H groups in total. The van der Waals surface area contributed by atoms with E-state index < -0.39 is 0 Å². The van der Waals surface area contributed by atoms with E-state index in [2.05, 4.69) is 15.4 Å². The van der Waals surface area contributed by atoms with Crippen LogP contribution in [-0.4, -0.2) is 27.9 Å². The molecular weight excluding hydrogens is 302 g/mol. The van der Waals surface area contributed by atoms with Crippen LogP contribution in [-0.2, 0) is 6.42 Å². The molecule has 0 saturated carbocycles. The molecule has 0 fully saturated rings. The van der Waals surface area contributed by atoms with E-state index in [9.17, 15) is 4.79 Å². The molecule has 0 atom stereocenters. The van der Waals surface area contributed by atoms with Crippen molar-refractivity contribution in [3.05, 3.63) is 65.4 Å². The quantitative estimate of drug-likeness (QED) is 0.787. The van der Waals surface area contributed by atoms with Gasteiger partial charge < -0.3 is 4.90 Å². The number of nitriles is 1. The molecule has 0 aliphatic carbocycles. The van der Waals surface area contributed by atoms with Crippen molar-refractivity contribution in [2.24, 2.45) is 0 Å². The van der Waals surface area contributed by atoms with Crippen molar-refractivity contribution in [2.45, 2.75) is 6.42 Å². The molecular formula is C18H13N5O. The first-order valence-electron chi connectivity index (χ1n) is 7.59. The van der Waals surface area contributed by atoms with E-state index >= 15 is 0 Å². The Morgan fingerprint density at radius 3 is 2.92 bits per heavy atom. The number of carbonyl (C=O) groups excluding carboxylic acids is 1. The zero-order valence-corrected chi connectivity index (χ0v) is 12.7. The molecule has 6 nitrogen and oxygen atoms in total. The second-order valence-electron chi connectivity index (χ2n) is 5.55. The van der Waals surface area contributed by atoms with Crippen LogP contribution >= 0.6 is 0 Å². The van der Waals surface area contributed by atoms with Gasteiger partial charge in [0.15, 0.2) is 5.69 Å². The SMILES string of the molecule is N#Cc1n[nH]nc1-c1cccc(C(=O)N2CCc3ccccc32)c1. The number of aromatic nitrogens is 3. The predicted molar refractivity (Wildman–Crippen MR) is 88.4 cm³/mol. The van der Waals surface area contributed by atoms with Crippen LogP contribution < -0.4 is 4.90 Å². The van der Waals surface area contributed by atoms with E-state index in [0.717, 1.165) is 12.1 Å². The monoisotopic (exact) mass is 315 g/mol. The predicted octanol–water partition coefficient (Wildman–Crippen LogP) is 2.55. The van der Waals surface area contributed by atoms with Gasteiger partial charge in [0.2, 0.25) is 0 Å². The summed E-state index contributed by atoms with van der Waals surface area (Å²) >= 11 is 0. The van der Waals surface area contributed by atoms with Crippen molar-refractivity contribution < 1.29 is 4.79 Å². The largest absolute Gasteiger partial charge is 0.308 e. The van der Waals surface area contributed by atoms with E-state index in [1.165, 1.54) is 5.56 Å². The second-order valence-corrected chi connectivity index (χ2v) is 5.55. The van der Waals surface area contributed by atoms with Gasteiger partial charge in [0.1, 0.15) is 11.8 Å². The van der Waals surface area contributed by atoms with Gasteiger partial charge in [0, 0.05) is 23.4 Å². The molecule has 1 aliphatic heterocycles. The van der Waals surface area contributed by atoms with Crippen LogP contribution in [0.25, 0.3) is 11.3 Å². The standard InChI is InChI=1S/C18H13N5O/c19-11-15-17(21-22-20-15)13-5-3-6-14(10-13)18(24)23-9-8-12-4-1-2-7-16(12)23/h1-7,10H,8-9H2,(H,20,21,22). The lowest BCUT2D eigenvalue weighted by Crippen LogP contribution is -2.28. The van der Waals surface area contributed by atoms with Crippen LogP contribution in [0.4, 0.5) is 5.69 Å². The maximum absolute atomic E-state index is 12.9. The summed E-state index contributed by atoms with van der Waals surface area (Å²) in [7, 11) is 0. The number of carbonyl (C=O) groups is 1. The van der Waals surface area contributed by atoms with Crippen molar-refractivity contribution in [1.29, 1.82) is 5.26 Å². The summed E-state index contributed by atoms with van der Waals surface area (Å²) in [5, 5.41) is 19.3. The minimum absolute atomic E-state index is 0.0520. The van der Waals surface area contributed by atoms with Crippen molar-refractivity contribution in [1.82, 2.24) is 15.4 Å². The normalized spacial score (nSPS) is 12.7. The van der Waals surface area contributed by atoms with Gasteiger partial charge in [-0.25, -0.2) is 0 Å². The number of hydrogen-bond donors (Lipinski definition) is 1.